The number of carbonyl (C=O) groups is 1. The third-order valence-electron chi connectivity index (χ3n) is 4.76. The molecule has 1 aromatic rings. The first-order valence-corrected chi connectivity index (χ1v) is 7.29. The molecule has 3 unspecified atom stereocenters. The molecule has 3 atom stereocenters. The van der Waals surface area contributed by atoms with Crippen molar-refractivity contribution in [2.45, 2.75) is 31.7 Å². The van der Waals surface area contributed by atoms with E-state index in [1.165, 1.54) is 32.4 Å². The van der Waals surface area contributed by atoms with Crippen LogP contribution in [0.2, 0.25) is 0 Å². The van der Waals surface area contributed by atoms with Crippen molar-refractivity contribution < 1.29 is 13.9 Å². The standard InChI is InChI=1S/C16H20FNO2/c1-20-15-7-3-6-12(17)16(15)14(19)8-13-11-5-2-4-10(11)9-18-13/h3,6-7,10-11,13,18H,2,4-5,8-9H2,1H3. The number of halogens is 1. The van der Waals surface area contributed by atoms with Crippen LogP contribution in [0.4, 0.5) is 4.39 Å². The van der Waals surface area contributed by atoms with Gasteiger partial charge in [0.2, 0.25) is 0 Å². The summed E-state index contributed by atoms with van der Waals surface area (Å²) in [5.74, 6) is 0.961. The lowest BCUT2D eigenvalue weighted by molar-refractivity contribution is 0.0956. The Bertz CT molecular complexity index is 517. The Hall–Kier alpha value is -1.42. The number of ketones is 1. The lowest BCUT2D eigenvalue weighted by Crippen LogP contribution is -2.30. The summed E-state index contributed by atoms with van der Waals surface area (Å²) in [5.41, 5.74) is 0.0956. The fourth-order valence-corrected chi connectivity index (χ4v) is 3.77. The second-order valence-corrected chi connectivity index (χ2v) is 5.81. The van der Waals surface area contributed by atoms with Crippen LogP contribution in [0.1, 0.15) is 36.0 Å². The van der Waals surface area contributed by atoms with Crippen molar-refractivity contribution in [2.24, 2.45) is 11.8 Å². The minimum absolute atomic E-state index is 0.0956. The minimum Gasteiger partial charge on any atom is -0.496 e. The molecule has 1 heterocycles. The van der Waals surface area contributed by atoms with Crippen molar-refractivity contribution in [3.05, 3.63) is 29.6 Å². The molecular formula is C16H20FNO2. The highest BCUT2D eigenvalue weighted by Crippen LogP contribution is 2.39. The van der Waals surface area contributed by atoms with Crippen LogP contribution in [0.5, 0.6) is 5.75 Å². The number of nitrogens with one attached hydrogen (secondary N) is 1. The van der Waals surface area contributed by atoms with E-state index in [9.17, 15) is 9.18 Å². The van der Waals surface area contributed by atoms with E-state index in [2.05, 4.69) is 5.32 Å². The minimum atomic E-state index is -0.490. The molecule has 3 nitrogen and oxygen atoms in total. The molecule has 4 heteroatoms. The molecule has 0 radical (unpaired) electrons. The Balaban J connectivity index is 1.77. The van der Waals surface area contributed by atoms with Gasteiger partial charge in [-0.1, -0.05) is 12.5 Å². The number of Topliss-reactive ketones (excluding diaryl/α,β-unsaturated/α-hetero) is 1. The van der Waals surface area contributed by atoms with E-state index in [1.807, 2.05) is 0 Å². The van der Waals surface area contributed by atoms with Crippen LogP contribution in [0.3, 0.4) is 0 Å². The lowest BCUT2D eigenvalue weighted by atomic mass is 9.90. The number of fused-ring (bicyclic) bond motifs is 1. The number of hydrogen-bond donors (Lipinski definition) is 1. The van der Waals surface area contributed by atoms with Crippen LogP contribution < -0.4 is 10.1 Å². The first-order valence-electron chi connectivity index (χ1n) is 7.29. The van der Waals surface area contributed by atoms with E-state index in [1.54, 1.807) is 12.1 Å². The van der Waals surface area contributed by atoms with Gasteiger partial charge in [-0.25, -0.2) is 4.39 Å². The van der Waals surface area contributed by atoms with Crippen LogP contribution in [-0.2, 0) is 0 Å². The second-order valence-electron chi connectivity index (χ2n) is 5.81. The van der Waals surface area contributed by atoms with Gasteiger partial charge in [0, 0.05) is 12.5 Å². The van der Waals surface area contributed by atoms with Crippen molar-refractivity contribution in [1.29, 1.82) is 0 Å². The zero-order valence-electron chi connectivity index (χ0n) is 11.7. The normalized spacial score (nSPS) is 28.4. The van der Waals surface area contributed by atoms with Gasteiger partial charge >= 0.3 is 0 Å². The smallest absolute Gasteiger partial charge is 0.171 e. The number of rotatable bonds is 4. The summed E-state index contributed by atoms with van der Waals surface area (Å²) in [6.45, 7) is 0.997. The first kappa shape index (κ1) is 13.6. The molecule has 108 valence electrons. The van der Waals surface area contributed by atoms with Crippen LogP contribution in [0.15, 0.2) is 18.2 Å². The predicted molar refractivity (Wildman–Crippen MR) is 74.5 cm³/mol. The van der Waals surface area contributed by atoms with E-state index in [-0.39, 0.29) is 17.4 Å². The average Bonchev–Trinajstić information content (AvgIpc) is 3.03. The predicted octanol–water partition coefficient (Wildman–Crippen LogP) is 2.80. The maximum Gasteiger partial charge on any atom is 0.171 e. The maximum atomic E-state index is 13.9. The fraction of sp³-hybridized carbons (Fsp3) is 0.562. The summed E-state index contributed by atoms with van der Waals surface area (Å²) in [4.78, 5) is 12.4. The summed E-state index contributed by atoms with van der Waals surface area (Å²) >= 11 is 0. The van der Waals surface area contributed by atoms with Gasteiger partial charge in [0.05, 0.1) is 12.7 Å². The van der Waals surface area contributed by atoms with Crippen molar-refractivity contribution >= 4 is 5.78 Å². The Labute approximate surface area is 118 Å². The number of benzene rings is 1. The topological polar surface area (TPSA) is 38.3 Å². The number of carbonyl (C=O) groups excluding carboxylic acids is 1. The molecule has 1 saturated carbocycles. The van der Waals surface area contributed by atoms with E-state index < -0.39 is 5.82 Å². The molecule has 1 aliphatic heterocycles. The van der Waals surface area contributed by atoms with E-state index in [4.69, 9.17) is 4.74 Å². The van der Waals surface area contributed by atoms with E-state index >= 15 is 0 Å². The van der Waals surface area contributed by atoms with Gasteiger partial charge in [-0.15, -0.1) is 0 Å². The third-order valence-corrected chi connectivity index (χ3v) is 4.76. The van der Waals surface area contributed by atoms with Crippen LogP contribution >= 0.6 is 0 Å². The average molecular weight is 277 g/mol. The zero-order valence-corrected chi connectivity index (χ0v) is 11.7. The Morgan fingerprint density at radius 2 is 2.30 bits per heavy atom. The van der Waals surface area contributed by atoms with Crippen molar-refractivity contribution in [1.82, 2.24) is 5.32 Å². The van der Waals surface area contributed by atoms with Crippen LogP contribution in [-0.4, -0.2) is 25.5 Å². The van der Waals surface area contributed by atoms with E-state index in [0.717, 1.165) is 6.54 Å². The quantitative estimate of drug-likeness (QED) is 0.860. The van der Waals surface area contributed by atoms with Gasteiger partial charge in [0.1, 0.15) is 11.6 Å². The van der Waals surface area contributed by atoms with Crippen LogP contribution in [0, 0.1) is 17.7 Å². The summed E-state index contributed by atoms with van der Waals surface area (Å²) in [6.07, 6.45) is 4.05. The molecule has 0 amide bonds. The van der Waals surface area contributed by atoms with Gasteiger partial charge in [-0.2, -0.15) is 0 Å². The lowest BCUT2D eigenvalue weighted by Gasteiger charge is -2.18. The summed E-state index contributed by atoms with van der Waals surface area (Å²) in [6, 6.07) is 4.71. The highest BCUT2D eigenvalue weighted by atomic mass is 19.1. The monoisotopic (exact) mass is 277 g/mol. The molecule has 2 aliphatic rings. The van der Waals surface area contributed by atoms with Crippen molar-refractivity contribution in [2.75, 3.05) is 13.7 Å². The molecule has 20 heavy (non-hydrogen) atoms. The van der Waals surface area contributed by atoms with E-state index in [0.29, 0.717) is 24.0 Å². The Kier molecular flexibility index (Phi) is 3.74. The molecule has 2 fully saturated rings. The molecule has 1 aromatic carbocycles. The van der Waals surface area contributed by atoms with Crippen molar-refractivity contribution in [3.8, 4) is 5.75 Å². The second kappa shape index (κ2) is 5.52. The Morgan fingerprint density at radius 1 is 1.45 bits per heavy atom. The summed E-state index contributed by atoms with van der Waals surface area (Å²) in [7, 11) is 1.46. The Morgan fingerprint density at radius 3 is 3.10 bits per heavy atom. The molecule has 1 saturated heterocycles. The van der Waals surface area contributed by atoms with Crippen molar-refractivity contribution in [3.63, 3.8) is 0 Å². The number of methoxy groups -OCH3 is 1. The van der Waals surface area contributed by atoms with Gasteiger partial charge in [-0.3, -0.25) is 4.79 Å². The molecule has 1 aliphatic carbocycles. The summed E-state index contributed by atoms with van der Waals surface area (Å²) < 4.78 is 19.0. The molecule has 0 bridgehead atoms. The number of ether oxygens (including phenoxy) is 1. The first-order chi connectivity index (χ1) is 9.70. The molecule has 3 rings (SSSR count). The highest BCUT2D eigenvalue weighted by molar-refractivity contribution is 5.99. The van der Waals surface area contributed by atoms with Gasteiger partial charge in [0.15, 0.2) is 5.78 Å². The SMILES string of the molecule is COc1cccc(F)c1C(=O)CC1NCC2CCCC21. The van der Waals surface area contributed by atoms with Gasteiger partial charge in [-0.05, 0) is 43.4 Å². The molecule has 1 N–H and O–H groups in total. The van der Waals surface area contributed by atoms with Crippen LogP contribution in [0.25, 0.3) is 0 Å². The third kappa shape index (κ3) is 2.33. The highest BCUT2D eigenvalue weighted by Gasteiger charge is 2.40. The maximum absolute atomic E-state index is 13.9. The molecular weight excluding hydrogens is 257 g/mol. The van der Waals surface area contributed by atoms with Gasteiger partial charge < -0.3 is 10.1 Å². The largest absolute Gasteiger partial charge is 0.496 e. The molecule has 0 aromatic heterocycles. The molecule has 0 spiro atoms. The zero-order chi connectivity index (χ0) is 14.1. The summed E-state index contributed by atoms with van der Waals surface area (Å²) in [5, 5.41) is 3.43. The number of hydrogen-bond acceptors (Lipinski definition) is 3. The van der Waals surface area contributed by atoms with Gasteiger partial charge in [0.25, 0.3) is 0 Å². The fourth-order valence-electron chi connectivity index (χ4n) is 3.77.